The molecule has 8 nitrogen and oxygen atoms in total. The Bertz CT molecular complexity index is 826. The molecule has 0 spiro atoms. The highest BCUT2D eigenvalue weighted by Crippen LogP contribution is 2.19. The van der Waals surface area contributed by atoms with E-state index in [0.29, 0.717) is 25.6 Å². The number of nitrogens with zero attached hydrogens (tertiary/aromatic N) is 3. The number of benzene rings is 1. The molecule has 1 amide bonds. The largest absolute Gasteiger partial charge is 0.444 e. The molecule has 2 N–H and O–H groups in total. The molecule has 1 aromatic heterocycles. The maximum Gasteiger partial charge on any atom is 0.410 e. The summed E-state index contributed by atoms with van der Waals surface area (Å²) in [6, 6.07) is 11.9. The molecular formula is C20H28IN5O3. The van der Waals surface area contributed by atoms with Crippen molar-refractivity contribution in [3.05, 3.63) is 42.1 Å². The van der Waals surface area contributed by atoms with Crippen LogP contribution < -0.4 is 10.6 Å². The van der Waals surface area contributed by atoms with Crippen LogP contribution in [0.4, 0.5) is 4.79 Å². The highest BCUT2D eigenvalue weighted by molar-refractivity contribution is 14.0. The second kappa shape index (κ2) is 9.95. The molecule has 1 aromatic carbocycles. The molecular weight excluding hydrogens is 485 g/mol. The van der Waals surface area contributed by atoms with Gasteiger partial charge in [0.2, 0.25) is 0 Å². The van der Waals surface area contributed by atoms with Crippen LogP contribution in [-0.2, 0) is 11.3 Å². The van der Waals surface area contributed by atoms with Crippen LogP contribution >= 0.6 is 24.0 Å². The van der Waals surface area contributed by atoms with Crippen LogP contribution in [0.2, 0.25) is 0 Å². The molecule has 1 fully saturated rings. The maximum absolute atomic E-state index is 12.0. The number of amides is 1. The van der Waals surface area contributed by atoms with Gasteiger partial charge in [-0.05, 0) is 20.8 Å². The summed E-state index contributed by atoms with van der Waals surface area (Å²) in [5.41, 5.74) is 1.29. The standard InChI is InChI=1S/C20H27N5O3.HI/c1-20(2,3)27-19(26)25-12-16(13-25)23-18(21-4)22-11-15-10-17(28-24-15)14-8-6-5-7-9-14;/h5-10,16H,11-13H2,1-4H3,(H2,21,22,23);1H. The summed E-state index contributed by atoms with van der Waals surface area (Å²) >= 11 is 0. The van der Waals surface area contributed by atoms with Gasteiger partial charge in [0.05, 0.1) is 12.6 Å². The Balaban J connectivity index is 0.00000300. The molecule has 29 heavy (non-hydrogen) atoms. The van der Waals surface area contributed by atoms with E-state index in [0.717, 1.165) is 17.0 Å². The van der Waals surface area contributed by atoms with Gasteiger partial charge in [0.15, 0.2) is 11.7 Å². The van der Waals surface area contributed by atoms with Crippen molar-refractivity contribution in [2.45, 2.75) is 39.0 Å². The Morgan fingerprint density at radius 2 is 2.00 bits per heavy atom. The minimum Gasteiger partial charge on any atom is -0.444 e. The molecule has 0 unspecified atom stereocenters. The summed E-state index contributed by atoms with van der Waals surface area (Å²) in [5.74, 6) is 1.38. The Labute approximate surface area is 188 Å². The van der Waals surface area contributed by atoms with Gasteiger partial charge in [0, 0.05) is 31.8 Å². The first kappa shape index (κ1) is 23.0. The number of likely N-dealkylation sites (tertiary alicyclic amines) is 1. The first-order valence-corrected chi connectivity index (χ1v) is 9.30. The highest BCUT2D eigenvalue weighted by atomic mass is 127. The zero-order chi connectivity index (χ0) is 20.1. The van der Waals surface area contributed by atoms with Gasteiger partial charge in [-0.15, -0.1) is 24.0 Å². The Kier molecular flexibility index (Phi) is 7.88. The summed E-state index contributed by atoms with van der Waals surface area (Å²) in [6.45, 7) is 7.23. The molecule has 0 radical (unpaired) electrons. The number of rotatable bonds is 4. The Hall–Kier alpha value is -2.30. The van der Waals surface area contributed by atoms with Crippen LogP contribution in [0, 0.1) is 0 Å². The summed E-state index contributed by atoms with van der Waals surface area (Å²) in [4.78, 5) is 17.9. The van der Waals surface area contributed by atoms with E-state index in [1.165, 1.54) is 0 Å². The first-order valence-electron chi connectivity index (χ1n) is 9.30. The molecule has 1 saturated heterocycles. The molecule has 9 heteroatoms. The minimum absolute atomic E-state index is 0. The van der Waals surface area contributed by atoms with E-state index >= 15 is 0 Å². The average molecular weight is 513 g/mol. The molecule has 2 heterocycles. The van der Waals surface area contributed by atoms with Crippen molar-refractivity contribution in [2.24, 2.45) is 4.99 Å². The number of carbonyl (C=O) groups is 1. The SMILES string of the molecule is CN=C(NCc1cc(-c2ccccc2)on1)NC1CN(C(=O)OC(C)(C)C)C1.I. The zero-order valence-corrected chi connectivity index (χ0v) is 19.5. The van der Waals surface area contributed by atoms with E-state index in [9.17, 15) is 4.79 Å². The van der Waals surface area contributed by atoms with Crippen molar-refractivity contribution in [1.29, 1.82) is 0 Å². The van der Waals surface area contributed by atoms with E-state index in [1.807, 2.05) is 57.2 Å². The second-order valence-corrected chi connectivity index (χ2v) is 7.70. The third-order valence-corrected chi connectivity index (χ3v) is 4.15. The number of aromatic nitrogens is 1. The van der Waals surface area contributed by atoms with Crippen LogP contribution in [-0.4, -0.2) is 53.9 Å². The molecule has 1 aliphatic rings. The van der Waals surface area contributed by atoms with Crippen LogP contribution in [0.25, 0.3) is 11.3 Å². The number of ether oxygens (including phenoxy) is 1. The van der Waals surface area contributed by atoms with E-state index < -0.39 is 5.60 Å². The molecule has 2 aromatic rings. The molecule has 0 atom stereocenters. The minimum atomic E-state index is -0.483. The molecule has 0 saturated carbocycles. The van der Waals surface area contributed by atoms with Gasteiger partial charge in [-0.1, -0.05) is 35.5 Å². The van der Waals surface area contributed by atoms with Crippen molar-refractivity contribution in [2.75, 3.05) is 20.1 Å². The zero-order valence-electron chi connectivity index (χ0n) is 17.1. The smallest absolute Gasteiger partial charge is 0.410 e. The third kappa shape index (κ3) is 6.62. The monoisotopic (exact) mass is 513 g/mol. The average Bonchev–Trinajstić information content (AvgIpc) is 3.08. The fourth-order valence-electron chi connectivity index (χ4n) is 2.74. The van der Waals surface area contributed by atoms with Crippen molar-refractivity contribution in [1.82, 2.24) is 20.7 Å². The summed E-state index contributed by atoms with van der Waals surface area (Å²) in [5, 5.41) is 10.6. The lowest BCUT2D eigenvalue weighted by Crippen LogP contribution is -2.63. The van der Waals surface area contributed by atoms with E-state index in [-0.39, 0.29) is 36.1 Å². The lowest BCUT2D eigenvalue weighted by Gasteiger charge is -2.40. The van der Waals surface area contributed by atoms with Gasteiger partial charge in [0.1, 0.15) is 11.3 Å². The van der Waals surface area contributed by atoms with Crippen LogP contribution in [0.3, 0.4) is 0 Å². The van der Waals surface area contributed by atoms with Crippen LogP contribution in [0.5, 0.6) is 0 Å². The molecule has 158 valence electrons. The van der Waals surface area contributed by atoms with Gasteiger partial charge in [-0.3, -0.25) is 4.99 Å². The van der Waals surface area contributed by atoms with Crippen molar-refractivity contribution in [3.63, 3.8) is 0 Å². The van der Waals surface area contributed by atoms with Gasteiger partial charge >= 0.3 is 6.09 Å². The number of hydrogen-bond acceptors (Lipinski definition) is 5. The van der Waals surface area contributed by atoms with Crippen LogP contribution in [0.1, 0.15) is 26.5 Å². The van der Waals surface area contributed by atoms with Crippen molar-refractivity contribution < 1.29 is 14.1 Å². The fourth-order valence-corrected chi connectivity index (χ4v) is 2.74. The summed E-state index contributed by atoms with van der Waals surface area (Å²) < 4.78 is 10.8. The van der Waals surface area contributed by atoms with Gasteiger partial charge in [-0.25, -0.2) is 4.79 Å². The molecule has 0 aliphatic carbocycles. The molecule has 3 rings (SSSR count). The Morgan fingerprint density at radius 1 is 1.31 bits per heavy atom. The van der Waals surface area contributed by atoms with E-state index in [1.54, 1.807) is 11.9 Å². The number of guanidine groups is 1. The normalized spacial score (nSPS) is 14.6. The summed E-state index contributed by atoms with van der Waals surface area (Å²) in [6.07, 6.45) is -0.287. The number of aliphatic imine (C=N–C) groups is 1. The predicted octanol–water partition coefficient (Wildman–Crippen LogP) is 3.24. The number of nitrogens with one attached hydrogen (secondary N) is 2. The van der Waals surface area contributed by atoms with E-state index in [2.05, 4.69) is 20.8 Å². The van der Waals surface area contributed by atoms with Gasteiger partial charge < -0.3 is 24.8 Å². The molecule has 1 aliphatic heterocycles. The lowest BCUT2D eigenvalue weighted by molar-refractivity contribution is 0.00701. The van der Waals surface area contributed by atoms with E-state index in [4.69, 9.17) is 9.26 Å². The van der Waals surface area contributed by atoms with Gasteiger partial charge in [0.25, 0.3) is 0 Å². The van der Waals surface area contributed by atoms with Crippen molar-refractivity contribution >= 4 is 36.0 Å². The third-order valence-electron chi connectivity index (χ3n) is 4.15. The topological polar surface area (TPSA) is 92.0 Å². The lowest BCUT2D eigenvalue weighted by atomic mass is 10.1. The Morgan fingerprint density at radius 3 is 2.62 bits per heavy atom. The quantitative estimate of drug-likeness (QED) is 0.371. The highest BCUT2D eigenvalue weighted by Gasteiger charge is 2.34. The van der Waals surface area contributed by atoms with Crippen molar-refractivity contribution in [3.8, 4) is 11.3 Å². The second-order valence-electron chi connectivity index (χ2n) is 7.70. The predicted molar refractivity (Wildman–Crippen MR) is 122 cm³/mol. The van der Waals surface area contributed by atoms with Crippen LogP contribution in [0.15, 0.2) is 45.9 Å². The number of halogens is 1. The summed E-state index contributed by atoms with van der Waals surface area (Å²) in [7, 11) is 1.71. The first-order chi connectivity index (χ1) is 13.3. The molecule has 0 bridgehead atoms. The fraction of sp³-hybridized carbons (Fsp3) is 0.450. The number of hydrogen-bond donors (Lipinski definition) is 2. The number of carbonyl (C=O) groups excluding carboxylic acids is 1. The maximum atomic E-state index is 12.0. The van der Waals surface area contributed by atoms with Gasteiger partial charge in [-0.2, -0.15) is 0 Å².